The van der Waals surface area contributed by atoms with Crippen LogP contribution in [0, 0.1) is 0 Å². The van der Waals surface area contributed by atoms with Crippen LogP contribution in [0.1, 0.15) is 51.9 Å². The Hall–Kier alpha value is -1.58. The third kappa shape index (κ3) is 8.62. The summed E-state index contributed by atoms with van der Waals surface area (Å²) in [5.74, 6) is 0.990. The van der Waals surface area contributed by atoms with Crippen LogP contribution < -0.4 is 4.74 Å². The Kier molecular flexibility index (Phi) is 9.80. The molecule has 0 bridgehead atoms. The summed E-state index contributed by atoms with van der Waals surface area (Å²) in [6.45, 7) is 5.10. The Balaban J connectivity index is 1.71. The monoisotopic (exact) mass is 386 g/mol. The van der Waals surface area contributed by atoms with Crippen molar-refractivity contribution < 1.29 is 14.0 Å². The van der Waals surface area contributed by atoms with Crippen molar-refractivity contribution in [2.75, 3.05) is 40.9 Å². The van der Waals surface area contributed by atoms with Crippen LogP contribution in [-0.2, 0) is 4.74 Å². The molecule has 0 aliphatic heterocycles. The molecule has 0 aromatic heterocycles. The number of fused-ring (bicyclic) bond motifs is 1. The lowest BCUT2D eigenvalue weighted by Crippen LogP contribution is -2.35. The van der Waals surface area contributed by atoms with Crippen molar-refractivity contribution in [3.05, 3.63) is 42.5 Å². The normalized spacial score (nSPS) is 13.0. The highest BCUT2D eigenvalue weighted by molar-refractivity contribution is 5.88. The molecule has 1 unspecified atom stereocenters. The predicted molar refractivity (Wildman–Crippen MR) is 120 cm³/mol. The molecule has 1 atom stereocenters. The molecule has 156 valence electrons. The second-order valence-corrected chi connectivity index (χ2v) is 8.82. The average Bonchev–Trinajstić information content (AvgIpc) is 2.67. The van der Waals surface area contributed by atoms with Crippen LogP contribution in [0.4, 0.5) is 0 Å². The minimum atomic E-state index is 0.375. The minimum Gasteiger partial charge on any atom is -0.493 e. The summed E-state index contributed by atoms with van der Waals surface area (Å²) >= 11 is 0. The zero-order valence-electron chi connectivity index (χ0n) is 18.5. The molecule has 0 aliphatic carbocycles. The zero-order valence-corrected chi connectivity index (χ0v) is 18.5. The lowest BCUT2D eigenvalue weighted by atomic mass is 10.1. The van der Waals surface area contributed by atoms with Crippen molar-refractivity contribution >= 4 is 10.8 Å². The number of hydrogen-bond donors (Lipinski definition) is 0. The number of quaternary nitrogens is 1. The molecule has 0 saturated carbocycles. The van der Waals surface area contributed by atoms with Crippen LogP contribution in [-0.4, -0.2) is 51.5 Å². The number of rotatable bonds is 14. The van der Waals surface area contributed by atoms with E-state index < -0.39 is 0 Å². The van der Waals surface area contributed by atoms with Gasteiger partial charge in [-0.2, -0.15) is 0 Å². The molecule has 3 nitrogen and oxygen atoms in total. The highest BCUT2D eigenvalue weighted by atomic mass is 16.5. The molecule has 0 aliphatic rings. The van der Waals surface area contributed by atoms with Crippen molar-refractivity contribution in [1.82, 2.24) is 0 Å². The quantitative estimate of drug-likeness (QED) is 0.290. The summed E-state index contributed by atoms with van der Waals surface area (Å²) < 4.78 is 13.3. The third-order valence-electron chi connectivity index (χ3n) is 5.13. The molecule has 0 radical (unpaired) electrons. The Morgan fingerprint density at radius 1 is 0.821 bits per heavy atom. The molecule has 0 N–H and O–H groups in total. The lowest BCUT2D eigenvalue weighted by Gasteiger charge is -2.24. The summed E-state index contributed by atoms with van der Waals surface area (Å²) in [6, 6.07) is 14.7. The van der Waals surface area contributed by atoms with Gasteiger partial charge in [0.25, 0.3) is 0 Å². The highest BCUT2D eigenvalue weighted by Crippen LogP contribution is 2.25. The number of unbranched alkanes of at least 4 members (excludes halogenated alkanes) is 2. The van der Waals surface area contributed by atoms with Crippen LogP contribution in [0.2, 0.25) is 0 Å². The Bertz CT molecular complexity index is 672. The van der Waals surface area contributed by atoms with Gasteiger partial charge >= 0.3 is 0 Å². The molecule has 3 heteroatoms. The van der Waals surface area contributed by atoms with Gasteiger partial charge < -0.3 is 14.0 Å². The van der Waals surface area contributed by atoms with Gasteiger partial charge in [-0.25, -0.2) is 0 Å². The second-order valence-electron chi connectivity index (χ2n) is 8.82. The molecule has 0 saturated heterocycles. The van der Waals surface area contributed by atoms with Crippen LogP contribution in [0.25, 0.3) is 10.8 Å². The van der Waals surface area contributed by atoms with E-state index in [1.54, 1.807) is 0 Å². The van der Waals surface area contributed by atoms with E-state index in [-0.39, 0.29) is 0 Å². The maximum atomic E-state index is 6.22. The summed E-state index contributed by atoms with van der Waals surface area (Å²) in [7, 11) is 6.75. The standard InChI is InChI=1S/C25H40NO2/c1-5-6-15-23(27-20-10-9-19-26(2,3)4)16-12-21-28-25-18-11-14-22-13-7-8-17-24(22)25/h7-8,11,13-14,17-18,23H,5-6,9-10,12,15-16,19-21H2,1-4H3/q+1. The first-order valence-electron chi connectivity index (χ1n) is 11.0. The van der Waals surface area contributed by atoms with Gasteiger partial charge in [0.15, 0.2) is 0 Å². The first-order chi connectivity index (χ1) is 13.5. The molecule has 2 aromatic carbocycles. The number of hydrogen-bond acceptors (Lipinski definition) is 2. The molecule has 2 aromatic rings. The van der Waals surface area contributed by atoms with E-state index in [0.717, 1.165) is 42.7 Å². The van der Waals surface area contributed by atoms with E-state index in [4.69, 9.17) is 9.47 Å². The number of benzene rings is 2. The topological polar surface area (TPSA) is 18.5 Å². The minimum absolute atomic E-state index is 0.375. The number of ether oxygens (including phenoxy) is 2. The van der Waals surface area contributed by atoms with Gasteiger partial charge in [0.05, 0.1) is 40.4 Å². The summed E-state index contributed by atoms with van der Waals surface area (Å²) in [6.07, 6.45) is 8.53. The maximum absolute atomic E-state index is 6.22. The Morgan fingerprint density at radius 3 is 2.36 bits per heavy atom. The molecular weight excluding hydrogens is 346 g/mol. The van der Waals surface area contributed by atoms with Crippen LogP contribution >= 0.6 is 0 Å². The van der Waals surface area contributed by atoms with E-state index in [0.29, 0.717) is 6.10 Å². The first kappa shape index (κ1) is 22.7. The van der Waals surface area contributed by atoms with Crippen molar-refractivity contribution in [2.24, 2.45) is 0 Å². The summed E-state index contributed by atoms with van der Waals surface area (Å²) in [5.41, 5.74) is 0. The molecule has 28 heavy (non-hydrogen) atoms. The average molecular weight is 387 g/mol. The predicted octanol–water partition coefficient (Wildman–Crippen LogP) is 6.06. The van der Waals surface area contributed by atoms with E-state index in [1.807, 2.05) is 0 Å². The molecule has 0 spiro atoms. The van der Waals surface area contributed by atoms with E-state index >= 15 is 0 Å². The van der Waals surface area contributed by atoms with Crippen molar-refractivity contribution in [3.63, 3.8) is 0 Å². The smallest absolute Gasteiger partial charge is 0.127 e. The van der Waals surface area contributed by atoms with Gasteiger partial charge in [-0.1, -0.05) is 56.2 Å². The van der Waals surface area contributed by atoms with Gasteiger partial charge in [0.1, 0.15) is 5.75 Å². The van der Waals surface area contributed by atoms with Gasteiger partial charge in [-0.05, 0) is 43.6 Å². The van der Waals surface area contributed by atoms with Gasteiger partial charge in [0, 0.05) is 12.0 Å². The van der Waals surface area contributed by atoms with E-state index in [2.05, 4.69) is 70.5 Å². The van der Waals surface area contributed by atoms with Gasteiger partial charge in [-0.15, -0.1) is 0 Å². The second kappa shape index (κ2) is 12.1. The van der Waals surface area contributed by atoms with Crippen molar-refractivity contribution in [3.8, 4) is 5.75 Å². The highest BCUT2D eigenvalue weighted by Gasteiger charge is 2.10. The molecule has 0 fully saturated rings. The van der Waals surface area contributed by atoms with Gasteiger partial charge in [0.2, 0.25) is 0 Å². The van der Waals surface area contributed by atoms with E-state index in [1.165, 1.54) is 43.0 Å². The fourth-order valence-corrected chi connectivity index (χ4v) is 3.50. The maximum Gasteiger partial charge on any atom is 0.127 e. The first-order valence-corrected chi connectivity index (χ1v) is 11.0. The Morgan fingerprint density at radius 2 is 1.57 bits per heavy atom. The summed E-state index contributed by atoms with van der Waals surface area (Å²) in [4.78, 5) is 0. The number of nitrogens with zero attached hydrogens (tertiary/aromatic N) is 1. The molecule has 0 amide bonds. The van der Waals surface area contributed by atoms with Crippen molar-refractivity contribution in [1.29, 1.82) is 0 Å². The van der Waals surface area contributed by atoms with Crippen LogP contribution in [0.3, 0.4) is 0 Å². The third-order valence-corrected chi connectivity index (χ3v) is 5.13. The zero-order chi connectivity index (χ0) is 20.2. The van der Waals surface area contributed by atoms with Crippen molar-refractivity contribution in [2.45, 2.75) is 58.0 Å². The van der Waals surface area contributed by atoms with E-state index in [9.17, 15) is 0 Å². The van der Waals surface area contributed by atoms with Crippen LogP contribution in [0.5, 0.6) is 5.75 Å². The van der Waals surface area contributed by atoms with Crippen LogP contribution in [0.15, 0.2) is 42.5 Å². The van der Waals surface area contributed by atoms with Gasteiger partial charge in [-0.3, -0.25) is 0 Å². The molecular formula is C25H40NO2+. The SMILES string of the molecule is CCCCC(CCCOc1cccc2ccccc12)OCCCC[N+](C)(C)C. The largest absolute Gasteiger partial charge is 0.493 e. The lowest BCUT2D eigenvalue weighted by molar-refractivity contribution is -0.870. The summed E-state index contributed by atoms with van der Waals surface area (Å²) in [5, 5.41) is 2.43. The fourth-order valence-electron chi connectivity index (χ4n) is 3.50. The fraction of sp³-hybridized carbons (Fsp3) is 0.600. The Labute approximate surface area is 172 Å². The molecule has 2 rings (SSSR count). The molecule has 0 heterocycles.